The summed E-state index contributed by atoms with van der Waals surface area (Å²) in [4.78, 5) is 21.2. The normalized spacial score (nSPS) is 12.0. The topological polar surface area (TPSA) is 86.6 Å². The molecule has 18 heavy (non-hydrogen) atoms. The summed E-state index contributed by atoms with van der Waals surface area (Å²) in [5, 5.41) is 20.1. The van der Waals surface area contributed by atoms with Crippen LogP contribution in [0.5, 0.6) is 0 Å². The van der Waals surface area contributed by atoms with Crippen LogP contribution in [0.2, 0.25) is 0 Å². The first-order valence-corrected chi connectivity index (χ1v) is 5.81. The molecule has 0 fully saturated rings. The van der Waals surface area contributed by atoms with Crippen LogP contribution in [0.15, 0.2) is 30.3 Å². The van der Waals surface area contributed by atoms with Gasteiger partial charge in [-0.25, -0.2) is 0 Å². The summed E-state index contributed by atoms with van der Waals surface area (Å²) in [5.74, 6) is -2.24. The van der Waals surface area contributed by atoms with Gasteiger partial charge in [-0.2, -0.15) is 0 Å². The number of carboxylic acid groups (broad SMARTS) is 2. The summed E-state index contributed by atoms with van der Waals surface area (Å²) in [5.41, 5.74) is 1.18. The maximum Gasteiger partial charge on any atom is 0.321 e. The zero-order valence-electron chi connectivity index (χ0n) is 10.0. The molecule has 0 bridgehead atoms. The highest BCUT2D eigenvalue weighted by Crippen LogP contribution is 2.02. The van der Waals surface area contributed by atoms with Gasteiger partial charge in [0.1, 0.15) is 6.04 Å². The Morgan fingerprint density at radius 2 is 1.83 bits per heavy atom. The molecule has 0 aliphatic rings. The molecule has 5 nitrogen and oxygen atoms in total. The predicted molar refractivity (Wildman–Crippen MR) is 66.4 cm³/mol. The molecule has 0 radical (unpaired) electrons. The van der Waals surface area contributed by atoms with Gasteiger partial charge in [-0.15, -0.1) is 0 Å². The zero-order valence-corrected chi connectivity index (χ0v) is 10.0. The molecule has 1 rings (SSSR count). The Morgan fingerprint density at radius 1 is 1.17 bits per heavy atom. The van der Waals surface area contributed by atoms with Gasteiger partial charge in [-0.05, 0) is 24.9 Å². The largest absolute Gasteiger partial charge is 0.481 e. The fraction of sp³-hybridized carbons (Fsp3) is 0.385. The molecule has 0 aliphatic heterocycles. The number of aryl methyl sites for hydroxylation is 1. The lowest BCUT2D eigenvalue weighted by Gasteiger charge is -2.11. The number of nitrogens with one attached hydrogen (secondary N) is 1. The molecule has 5 heteroatoms. The van der Waals surface area contributed by atoms with Gasteiger partial charge < -0.3 is 15.5 Å². The molecule has 1 atom stereocenters. The second kappa shape index (κ2) is 7.45. The van der Waals surface area contributed by atoms with Gasteiger partial charge in [0.2, 0.25) is 0 Å². The van der Waals surface area contributed by atoms with Crippen LogP contribution in [-0.2, 0) is 16.0 Å². The molecule has 0 aliphatic carbocycles. The number of hydrogen-bond acceptors (Lipinski definition) is 3. The highest BCUT2D eigenvalue weighted by Gasteiger charge is 2.19. The van der Waals surface area contributed by atoms with E-state index in [4.69, 9.17) is 10.2 Å². The summed E-state index contributed by atoms with van der Waals surface area (Å²) in [6, 6.07) is 8.84. The van der Waals surface area contributed by atoms with Gasteiger partial charge in [0, 0.05) is 0 Å². The van der Waals surface area contributed by atoms with Gasteiger partial charge in [0.15, 0.2) is 0 Å². The standard InChI is InChI=1S/C13H17NO4/c15-12(16)9-11(13(17)18)14-8-4-7-10-5-2-1-3-6-10/h1-3,5-6,11,14H,4,7-9H2,(H,15,16)(H,17,18)/t11-/m0/s1. The molecule has 0 heterocycles. The van der Waals surface area contributed by atoms with E-state index in [2.05, 4.69) is 5.32 Å². The van der Waals surface area contributed by atoms with Crippen molar-refractivity contribution >= 4 is 11.9 Å². The molecule has 0 amide bonds. The van der Waals surface area contributed by atoms with Crippen LogP contribution in [0.4, 0.5) is 0 Å². The van der Waals surface area contributed by atoms with E-state index in [1.54, 1.807) is 0 Å². The highest BCUT2D eigenvalue weighted by atomic mass is 16.4. The molecule has 98 valence electrons. The Labute approximate surface area is 105 Å². The molecule has 0 unspecified atom stereocenters. The third kappa shape index (κ3) is 5.45. The van der Waals surface area contributed by atoms with Crippen LogP contribution in [0.1, 0.15) is 18.4 Å². The van der Waals surface area contributed by atoms with Gasteiger partial charge in [0.05, 0.1) is 6.42 Å². The van der Waals surface area contributed by atoms with E-state index in [0.717, 1.165) is 12.8 Å². The first-order chi connectivity index (χ1) is 8.59. The van der Waals surface area contributed by atoms with E-state index < -0.39 is 24.4 Å². The minimum Gasteiger partial charge on any atom is -0.481 e. The van der Waals surface area contributed by atoms with E-state index >= 15 is 0 Å². The van der Waals surface area contributed by atoms with E-state index in [1.807, 2.05) is 30.3 Å². The quantitative estimate of drug-likeness (QED) is 0.603. The fourth-order valence-electron chi connectivity index (χ4n) is 1.63. The third-order valence-electron chi connectivity index (χ3n) is 2.55. The molecule has 0 aromatic heterocycles. The second-order valence-corrected chi connectivity index (χ2v) is 4.03. The Bertz CT molecular complexity index is 391. The number of aliphatic carboxylic acids is 2. The number of carboxylic acids is 2. The van der Waals surface area contributed by atoms with Crippen molar-refractivity contribution in [3.8, 4) is 0 Å². The van der Waals surface area contributed by atoms with Crippen molar-refractivity contribution in [1.29, 1.82) is 0 Å². The van der Waals surface area contributed by atoms with E-state index in [0.29, 0.717) is 6.54 Å². The Morgan fingerprint density at radius 3 is 2.39 bits per heavy atom. The van der Waals surface area contributed by atoms with Gasteiger partial charge in [-0.1, -0.05) is 30.3 Å². The Balaban J connectivity index is 2.27. The Hall–Kier alpha value is -1.88. The predicted octanol–water partition coefficient (Wildman–Crippen LogP) is 1.14. The zero-order chi connectivity index (χ0) is 13.4. The van der Waals surface area contributed by atoms with Gasteiger partial charge in [0.25, 0.3) is 0 Å². The molecule has 1 aromatic carbocycles. The molecule has 0 saturated heterocycles. The summed E-state index contributed by atoms with van der Waals surface area (Å²) in [6.07, 6.45) is 1.21. The van der Waals surface area contributed by atoms with Gasteiger partial charge >= 0.3 is 11.9 Å². The maximum atomic E-state index is 10.8. The lowest BCUT2D eigenvalue weighted by molar-refractivity contribution is -0.145. The molecular weight excluding hydrogens is 234 g/mol. The summed E-state index contributed by atoms with van der Waals surface area (Å²) in [6.45, 7) is 0.485. The van der Waals surface area contributed by atoms with Crippen LogP contribution in [-0.4, -0.2) is 34.7 Å². The van der Waals surface area contributed by atoms with Crippen molar-refractivity contribution in [2.45, 2.75) is 25.3 Å². The van der Waals surface area contributed by atoms with Crippen molar-refractivity contribution in [1.82, 2.24) is 5.32 Å². The summed E-state index contributed by atoms with van der Waals surface area (Å²) in [7, 11) is 0. The summed E-state index contributed by atoms with van der Waals surface area (Å²) >= 11 is 0. The van der Waals surface area contributed by atoms with E-state index in [9.17, 15) is 9.59 Å². The van der Waals surface area contributed by atoms with E-state index in [-0.39, 0.29) is 0 Å². The minimum absolute atomic E-state index is 0.402. The van der Waals surface area contributed by atoms with Crippen LogP contribution < -0.4 is 5.32 Å². The van der Waals surface area contributed by atoms with Crippen molar-refractivity contribution in [3.63, 3.8) is 0 Å². The molecular formula is C13H17NO4. The van der Waals surface area contributed by atoms with Crippen LogP contribution in [0.25, 0.3) is 0 Å². The minimum atomic E-state index is -1.13. The fourth-order valence-corrected chi connectivity index (χ4v) is 1.63. The van der Waals surface area contributed by atoms with Crippen molar-refractivity contribution < 1.29 is 19.8 Å². The maximum absolute atomic E-state index is 10.8. The number of hydrogen-bond donors (Lipinski definition) is 3. The monoisotopic (exact) mass is 251 g/mol. The highest BCUT2D eigenvalue weighted by molar-refractivity contribution is 5.80. The lowest BCUT2D eigenvalue weighted by Crippen LogP contribution is -2.39. The van der Waals surface area contributed by atoms with Crippen molar-refractivity contribution in [2.24, 2.45) is 0 Å². The van der Waals surface area contributed by atoms with E-state index in [1.165, 1.54) is 5.56 Å². The second-order valence-electron chi connectivity index (χ2n) is 4.03. The molecule has 0 spiro atoms. The van der Waals surface area contributed by atoms with Crippen LogP contribution in [0, 0.1) is 0 Å². The number of carbonyl (C=O) groups is 2. The SMILES string of the molecule is O=C(O)C[C@H](NCCCc1ccccc1)C(=O)O. The van der Waals surface area contributed by atoms with Gasteiger partial charge in [-0.3, -0.25) is 9.59 Å². The number of benzene rings is 1. The third-order valence-corrected chi connectivity index (χ3v) is 2.55. The van der Waals surface area contributed by atoms with Crippen LogP contribution >= 0.6 is 0 Å². The first kappa shape index (κ1) is 14.2. The average Bonchev–Trinajstić information content (AvgIpc) is 2.33. The molecule has 1 aromatic rings. The van der Waals surface area contributed by atoms with Crippen molar-refractivity contribution in [2.75, 3.05) is 6.54 Å². The number of rotatable bonds is 8. The molecule has 0 saturated carbocycles. The smallest absolute Gasteiger partial charge is 0.321 e. The average molecular weight is 251 g/mol. The summed E-state index contributed by atoms with van der Waals surface area (Å²) < 4.78 is 0. The molecule has 3 N–H and O–H groups in total. The lowest BCUT2D eigenvalue weighted by atomic mass is 10.1. The first-order valence-electron chi connectivity index (χ1n) is 5.81. The van der Waals surface area contributed by atoms with Crippen molar-refractivity contribution in [3.05, 3.63) is 35.9 Å². The Kier molecular flexibility index (Phi) is 5.87. The van der Waals surface area contributed by atoms with Crippen LogP contribution in [0.3, 0.4) is 0 Å².